The number of unbranched alkanes of at least 4 members (excludes halogenated alkanes) is 2. The van der Waals surface area contributed by atoms with Crippen molar-refractivity contribution >= 4 is 11.8 Å². The predicted octanol–water partition coefficient (Wildman–Crippen LogP) is 4.60. The lowest BCUT2D eigenvalue weighted by Gasteiger charge is -2.22. The summed E-state index contributed by atoms with van der Waals surface area (Å²) in [6.07, 6.45) is 7.55. The van der Waals surface area contributed by atoms with Gasteiger partial charge >= 0.3 is 0 Å². The van der Waals surface area contributed by atoms with Crippen LogP contribution in [0.1, 0.15) is 67.8 Å². The van der Waals surface area contributed by atoms with Gasteiger partial charge in [-0.25, -0.2) is 4.98 Å². The van der Waals surface area contributed by atoms with Crippen LogP contribution in [0.4, 0.5) is 11.8 Å². The standard InChI is InChI=1S/C23H34N4O2/c1-3-4-6-13-25-22-20(17(2)26-23(24)27-22)15-18-9-11-19(12-10-18)16-29-21-8-5-7-14-28-21/h9-12,21H,3-8,13-16H2,1-2H3,(H3,24,25,26,27). The van der Waals surface area contributed by atoms with Crippen molar-refractivity contribution in [1.29, 1.82) is 0 Å². The largest absolute Gasteiger partial charge is 0.370 e. The molecule has 3 rings (SSSR count). The highest BCUT2D eigenvalue weighted by Gasteiger charge is 2.14. The number of benzene rings is 1. The number of hydrogen-bond acceptors (Lipinski definition) is 6. The molecule has 2 aromatic rings. The molecule has 1 fully saturated rings. The molecule has 1 saturated heterocycles. The van der Waals surface area contributed by atoms with Gasteiger partial charge in [0, 0.05) is 30.8 Å². The third kappa shape index (κ3) is 6.68. The van der Waals surface area contributed by atoms with Crippen LogP contribution < -0.4 is 11.1 Å². The molecule has 2 heterocycles. The lowest BCUT2D eigenvalue weighted by molar-refractivity contribution is -0.168. The number of ether oxygens (including phenoxy) is 2. The van der Waals surface area contributed by atoms with E-state index in [9.17, 15) is 0 Å². The summed E-state index contributed by atoms with van der Waals surface area (Å²) >= 11 is 0. The first kappa shape index (κ1) is 21.5. The molecular weight excluding hydrogens is 364 g/mol. The molecule has 0 bridgehead atoms. The number of aryl methyl sites for hydroxylation is 1. The van der Waals surface area contributed by atoms with Gasteiger partial charge in [0.1, 0.15) is 5.82 Å². The summed E-state index contributed by atoms with van der Waals surface area (Å²) in [5.74, 6) is 1.18. The van der Waals surface area contributed by atoms with Crippen molar-refractivity contribution < 1.29 is 9.47 Å². The van der Waals surface area contributed by atoms with Crippen LogP contribution in [0.5, 0.6) is 0 Å². The maximum Gasteiger partial charge on any atom is 0.222 e. The zero-order chi connectivity index (χ0) is 20.5. The quantitative estimate of drug-likeness (QED) is 0.569. The molecule has 1 unspecified atom stereocenters. The first-order valence-corrected chi connectivity index (χ1v) is 10.8. The van der Waals surface area contributed by atoms with E-state index in [2.05, 4.69) is 46.5 Å². The summed E-state index contributed by atoms with van der Waals surface area (Å²) in [7, 11) is 0. The molecular formula is C23H34N4O2. The Morgan fingerprint density at radius 2 is 1.93 bits per heavy atom. The van der Waals surface area contributed by atoms with E-state index in [-0.39, 0.29) is 6.29 Å². The predicted molar refractivity (Wildman–Crippen MR) is 117 cm³/mol. The van der Waals surface area contributed by atoms with Gasteiger partial charge in [-0.2, -0.15) is 4.98 Å². The third-order valence-corrected chi connectivity index (χ3v) is 5.28. The van der Waals surface area contributed by atoms with Crippen molar-refractivity contribution in [3.63, 3.8) is 0 Å². The number of anilines is 2. The molecule has 1 aromatic heterocycles. The molecule has 1 aromatic carbocycles. The molecule has 0 radical (unpaired) electrons. The van der Waals surface area contributed by atoms with Crippen molar-refractivity contribution in [2.24, 2.45) is 0 Å². The van der Waals surface area contributed by atoms with Crippen LogP contribution >= 0.6 is 0 Å². The molecule has 1 atom stereocenters. The van der Waals surface area contributed by atoms with Crippen molar-refractivity contribution in [2.75, 3.05) is 24.2 Å². The van der Waals surface area contributed by atoms with E-state index in [0.717, 1.165) is 61.5 Å². The Hall–Kier alpha value is -2.18. The number of hydrogen-bond donors (Lipinski definition) is 2. The van der Waals surface area contributed by atoms with Gasteiger partial charge in [-0.3, -0.25) is 0 Å². The minimum Gasteiger partial charge on any atom is -0.370 e. The van der Waals surface area contributed by atoms with Gasteiger partial charge in [0.2, 0.25) is 5.95 Å². The van der Waals surface area contributed by atoms with Gasteiger partial charge in [-0.1, -0.05) is 44.0 Å². The highest BCUT2D eigenvalue weighted by Crippen LogP contribution is 2.22. The summed E-state index contributed by atoms with van der Waals surface area (Å²) in [5.41, 5.74) is 10.3. The van der Waals surface area contributed by atoms with Crippen molar-refractivity contribution in [3.8, 4) is 0 Å². The number of nitrogens with zero attached hydrogens (tertiary/aromatic N) is 2. The van der Waals surface area contributed by atoms with Gasteiger partial charge in [0.25, 0.3) is 0 Å². The van der Waals surface area contributed by atoms with E-state index in [0.29, 0.717) is 12.6 Å². The number of nitrogens with two attached hydrogens (primary N) is 1. The van der Waals surface area contributed by atoms with E-state index in [1.165, 1.54) is 24.8 Å². The van der Waals surface area contributed by atoms with Crippen LogP contribution in [-0.2, 0) is 22.5 Å². The van der Waals surface area contributed by atoms with Crippen molar-refractivity contribution in [1.82, 2.24) is 9.97 Å². The molecule has 6 heteroatoms. The highest BCUT2D eigenvalue weighted by molar-refractivity contribution is 5.51. The third-order valence-electron chi connectivity index (χ3n) is 5.28. The summed E-state index contributed by atoms with van der Waals surface area (Å²) in [4.78, 5) is 8.81. The zero-order valence-electron chi connectivity index (χ0n) is 17.7. The monoisotopic (exact) mass is 398 g/mol. The Labute approximate surface area is 174 Å². The molecule has 158 valence electrons. The summed E-state index contributed by atoms with van der Waals surface area (Å²) in [6.45, 7) is 6.49. The second-order valence-electron chi connectivity index (χ2n) is 7.73. The van der Waals surface area contributed by atoms with Gasteiger partial charge < -0.3 is 20.5 Å². The van der Waals surface area contributed by atoms with Crippen molar-refractivity contribution in [3.05, 3.63) is 46.6 Å². The lowest BCUT2D eigenvalue weighted by atomic mass is 10.0. The average molecular weight is 399 g/mol. The fourth-order valence-corrected chi connectivity index (χ4v) is 3.55. The smallest absolute Gasteiger partial charge is 0.222 e. The molecule has 3 N–H and O–H groups in total. The van der Waals surface area contributed by atoms with E-state index < -0.39 is 0 Å². The highest BCUT2D eigenvalue weighted by atomic mass is 16.7. The van der Waals surface area contributed by atoms with Gasteiger partial charge in [0.15, 0.2) is 6.29 Å². The fourth-order valence-electron chi connectivity index (χ4n) is 3.55. The minimum absolute atomic E-state index is 0.0562. The van der Waals surface area contributed by atoms with Gasteiger partial charge in [-0.15, -0.1) is 0 Å². The van der Waals surface area contributed by atoms with Gasteiger partial charge in [0.05, 0.1) is 6.61 Å². The lowest BCUT2D eigenvalue weighted by Crippen LogP contribution is -2.21. The zero-order valence-corrected chi connectivity index (χ0v) is 17.7. The summed E-state index contributed by atoms with van der Waals surface area (Å²) in [6, 6.07) is 8.55. The maximum absolute atomic E-state index is 5.88. The molecule has 0 saturated carbocycles. The normalized spacial score (nSPS) is 16.7. The Morgan fingerprint density at radius 3 is 2.66 bits per heavy atom. The topological polar surface area (TPSA) is 82.3 Å². The van der Waals surface area contributed by atoms with Crippen LogP contribution in [0.2, 0.25) is 0 Å². The minimum atomic E-state index is -0.0562. The molecule has 1 aliphatic heterocycles. The van der Waals surface area contributed by atoms with Crippen LogP contribution in [0.3, 0.4) is 0 Å². The summed E-state index contributed by atoms with van der Waals surface area (Å²) in [5, 5.41) is 3.45. The Bertz CT molecular complexity index is 758. The number of nitrogens with one attached hydrogen (secondary N) is 1. The maximum atomic E-state index is 5.88. The molecule has 0 amide bonds. The van der Waals surface area contributed by atoms with Crippen LogP contribution in [0, 0.1) is 6.92 Å². The second-order valence-corrected chi connectivity index (χ2v) is 7.73. The first-order valence-electron chi connectivity index (χ1n) is 10.8. The summed E-state index contributed by atoms with van der Waals surface area (Å²) < 4.78 is 11.5. The SMILES string of the molecule is CCCCCNc1nc(N)nc(C)c1Cc1ccc(COC2CCCCO2)cc1. The fraction of sp³-hybridized carbons (Fsp3) is 0.565. The van der Waals surface area contributed by atoms with Crippen molar-refractivity contribution in [2.45, 2.75) is 71.7 Å². The van der Waals surface area contributed by atoms with E-state index in [4.69, 9.17) is 15.2 Å². The average Bonchev–Trinajstić information content (AvgIpc) is 2.73. The molecule has 0 aliphatic carbocycles. The van der Waals surface area contributed by atoms with E-state index in [1.54, 1.807) is 0 Å². The first-order chi connectivity index (χ1) is 14.2. The van der Waals surface area contributed by atoms with E-state index in [1.807, 2.05) is 6.92 Å². The van der Waals surface area contributed by atoms with Crippen LogP contribution in [-0.4, -0.2) is 29.4 Å². The molecule has 0 spiro atoms. The van der Waals surface area contributed by atoms with Crippen LogP contribution in [0.25, 0.3) is 0 Å². The molecule has 1 aliphatic rings. The molecule has 29 heavy (non-hydrogen) atoms. The number of rotatable bonds is 10. The molecule has 6 nitrogen and oxygen atoms in total. The Morgan fingerprint density at radius 1 is 1.14 bits per heavy atom. The Balaban J connectivity index is 1.61. The van der Waals surface area contributed by atoms with E-state index >= 15 is 0 Å². The van der Waals surface area contributed by atoms with Gasteiger partial charge in [-0.05, 0) is 43.7 Å². The Kier molecular flexibility index (Phi) is 8.25. The van der Waals surface area contributed by atoms with Crippen LogP contribution in [0.15, 0.2) is 24.3 Å². The second kappa shape index (κ2) is 11.1. The number of aromatic nitrogens is 2. The number of nitrogen functional groups attached to an aromatic ring is 1.